The second-order valence-electron chi connectivity index (χ2n) is 8.61. The Hall–Kier alpha value is -3.28. The smallest absolute Gasteiger partial charge is 0.410 e. The molecule has 0 fully saturated rings. The Balaban J connectivity index is 0.00000274. The van der Waals surface area contributed by atoms with Crippen LogP contribution in [0.4, 0.5) is 4.79 Å². The van der Waals surface area contributed by atoms with E-state index >= 15 is 0 Å². The minimum absolute atomic E-state index is 0. The van der Waals surface area contributed by atoms with Crippen LogP contribution >= 0.6 is 12.4 Å². The highest BCUT2D eigenvalue weighted by Crippen LogP contribution is 2.39. The van der Waals surface area contributed by atoms with E-state index in [0.717, 1.165) is 31.4 Å². The number of carbonyl (C=O) groups is 1. The molecule has 1 aliphatic rings. The molecule has 3 aromatic carbocycles. The largest absolute Gasteiger partial charge is 0.412 e. The molecule has 0 saturated carbocycles. The molecule has 1 heterocycles. The van der Waals surface area contributed by atoms with E-state index in [1.807, 2.05) is 42.5 Å². The van der Waals surface area contributed by atoms with Crippen LogP contribution in [0, 0.1) is 0 Å². The third kappa shape index (κ3) is 5.11. The van der Waals surface area contributed by atoms with Crippen molar-refractivity contribution in [3.63, 3.8) is 0 Å². The lowest BCUT2D eigenvalue weighted by Crippen LogP contribution is -2.26. The first kappa shape index (κ1) is 23.9. The van der Waals surface area contributed by atoms with Crippen LogP contribution < -0.4 is 15.4 Å². The number of benzene rings is 3. The molecule has 1 unspecified atom stereocenters. The number of fused-ring (bicyclic) bond motifs is 3. The van der Waals surface area contributed by atoms with Crippen LogP contribution in [0.25, 0.3) is 10.9 Å². The van der Waals surface area contributed by atoms with Crippen LogP contribution in [0.1, 0.15) is 34.8 Å². The van der Waals surface area contributed by atoms with Gasteiger partial charge in [-0.3, -0.25) is 0 Å². The van der Waals surface area contributed by atoms with E-state index in [1.165, 1.54) is 27.7 Å². The lowest BCUT2D eigenvalue weighted by molar-refractivity contribution is 0.200. The Morgan fingerprint density at radius 1 is 1.00 bits per heavy atom. The van der Waals surface area contributed by atoms with Crippen molar-refractivity contribution in [1.82, 2.24) is 15.2 Å². The first-order valence-electron chi connectivity index (χ1n) is 11.6. The summed E-state index contributed by atoms with van der Waals surface area (Å²) < 4.78 is 7.87. The van der Waals surface area contributed by atoms with Crippen molar-refractivity contribution in [1.29, 1.82) is 0 Å². The van der Waals surface area contributed by atoms with Gasteiger partial charge in [0.15, 0.2) is 0 Å². The SMILES string of the molecule is Cl.Cn1c2c(c3cc(OC(=O)NCc4ccccc4)ccc31)CCC2NCCc1ccccc1. The van der Waals surface area contributed by atoms with Gasteiger partial charge in [-0.15, -0.1) is 12.4 Å². The fourth-order valence-corrected chi connectivity index (χ4v) is 4.86. The van der Waals surface area contributed by atoms with Crippen molar-refractivity contribution in [2.75, 3.05) is 6.54 Å². The van der Waals surface area contributed by atoms with Crippen LogP contribution in [-0.2, 0) is 26.4 Å². The molecule has 1 aliphatic carbocycles. The van der Waals surface area contributed by atoms with Crippen LogP contribution in [-0.4, -0.2) is 17.2 Å². The monoisotopic (exact) mass is 475 g/mol. The van der Waals surface area contributed by atoms with E-state index in [-0.39, 0.29) is 12.4 Å². The maximum atomic E-state index is 12.3. The number of aryl methyl sites for hydroxylation is 2. The van der Waals surface area contributed by atoms with E-state index < -0.39 is 6.09 Å². The predicted octanol–water partition coefficient (Wildman–Crippen LogP) is 5.71. The van der Waals surface area contributed by atoms with Gasteiger partial charge in [-0.05, 0) is 60.7 Å². The van der Waals surface area contributed by atoms with Gasteiger partial charge in [0.1, 0.15) is 5.75 Å². The second-order valence-corrected chi connectivity index (χ2v) is 8.61. The van der Waals surface area contributed by atoms with Crippen molar-refractivity contribution < 1.29 is 9.53 Å². The van der Waals surface area contributed by atoms with Gasteiger partial charge in [0, 0.05) is 36.2 Å². The second kappa shape index (κ2) is 10.8. The van der Waals surface area contributed by atoms with Crippen molar-refractivity contribution in [3.05, 3.63) is 101 Å². The predicted molar refractivity (Wildman–Crippen MR) is 139 cm³/mol. The van der Waals surface area contributed by atoms with E-state index in [4.69, 9.17) is 4.74 Å². The average Bonchev–Trinajstić information content (AvgIpc) is 3.38. The molecular weight excluding hydrogens is 446 g/mol. The number of ether oxygens (including phenoxy) is 1. The van der Waals surface area contributed by atoms with Crippen molar-refractivity contribution in [2.45, 2.75) is 31.8 Å². The number of rotatable bonds is 7. The standard InChI is InChI=1S/C28H29N3O2.ClH/c1-31-26-15-12-22(33-28(32)30-19-21-10-6-3-7-11-21)18-24(26)23-13-14-25(27(23)31)29-17-16-20-8-4-2-5-9-20;/h2-12,15,18,25,29H,13-14,16-17,19H2,1H3,(H,30,32);1H. The summed E-state index contributed by atoms with van der Waals surface area (Å²) in [5.41, 5.74) is 6.28. The van der Waals surface area contributed by atoms with Gasteiger partial charge in [-0.2, -0.15) is 0 Å². The van der Waals surface area contributed by atoms with E-state index in [9.17, 15) is 4.79 Å². The Morgan fingerprint density at radius 3 is 2.44 bits per heavy atom. The van der Waals surface area contributed by atoms with Gasteiger partial charge < -0.3 is 19.9 Å². The number of nitrogens with one attached hydrogen (secondary N) is 2. The molecule has 0 aliphatic heterocycles. The molecule has 176 valence electrons. The number of hydrogen-bond acceptors (Lipinski definition) is 3. The van der Waals surface area contributed by atoms with Crippen LogP contribution in [0.5, 0.6) is 5.75 Å². The Bertz CT molecular complexity index is 1260. The zero-order chi connectivity index (χ0) is 22.6. The summed E-state index contributed by atoms with van der Waals surface area (Å²) in [4.78, 5) is 12.3. The Kier molecular flexibility index (Phi) is 7.56. The molecule has 0 bridgehead atoms. The first-order valence-corrected chi connectivity index (χ1v) is 11.6. The summed E-state index contributed by atoms with van der Waals surface area (Å²) in [5.74, 6) is 0.571. The lowest BCUT2D eigenvalue weighted by atomic mass is 10.1. The highest BCUT2D eigenvalue weighted by atomic mass is 35.5. The van der Waals surface area contributed by atoms with Gasteiger partial charge in [-0.1, -0.05) is 60.7 Å². The molecule has 6 heteroatoms. The molecule has 1 atom stereocenters. The lowest BCUT2D eigenvalue weighted by Gasteiger charge is -2.15. The first-order chi connectivity index (χ1) is 16.2. The fraction of sp³-hybridized carbons (Fsp3) is 0.250. The molecule has 0 radical (unpaired) electrons. The molecule has 1 amide bonds. The maximum Gasteiger partial charge on any atom is 0.412 e. The molecule has 0 saturated heterocycles. The zero-order valence-electron chi connectivity index (χ0n) is 19.3. The zero-order valence-corrected chi connectivity index (χ0v) is 20.1. The van der Waals surface area contributed by atoms with Gasteiger partial charge in [-0.25, -0.2) is 4.79 Å². The molecule has 1 aromatic heterocycles. The molecule has 2 N–H and O–H groups in total. The highest BCUT2D eigenvalue weighted by Gasteiger charge is 2.28. The normalized spacial score (nSPS) is 14.4. The van der Waals surface area contributed by atoms with Gasteiger partial charge in [0.05, 0.1) is 0 Å². The van der Waals surface area contributed by atoms with Crippen molar-refractivity contribution in [3.8, 4) is 5.75 Å². The Labute approximate surface area is 206 Å². The molecule has 5 rings (SSSR count). The number of halogens is 1. The van der Waals surface area contributed by atoms with Crippen LogP contribution in [0.3, 0.4) is 0 Å². The van der Waals surface area contributed by atoms with Gasteiger partial charge in [0.2, 0.25) is 0 Å². The highest BCUT2D eigenvalue weighted by molar-refractivity contribution is 5.88. The summed E-state index contributed by atoms with van der Waals surface area (Å²) in [6, 6.07) is 26.7. The number of amides is 1. The topological polar surface area (TPSA) is 55.3 Å². The maximum absolute atomic E-state index is 12.3. The number of aromatic nitrogens is 1. The summed E-state index contributed by atoms with van der Waals surface area (Å²) in [5, 5.41) is 7.75. The molecule has 4 aromatic rings. The van der Waals surface area contributed by atoms with E-state index in [0.29, 0.717) is 18.3 Å². The van der Waals surface area contributed by atoms with E-state index in [1.54, 1.807) is 0 Å². The fourth-order valence-electron chi connectivity index (χ4n) is 4.86. The summed E-state index contributed by atoms with van der Waals surface area (Å²) in [6.45, 7) is 1.39. The van der Waals surface area contributed by atoms with Crippen LogP contribution in [0.15, 0.2) is 78.9 Å². The number of nitrogens with zero attached hydrogens (tertiary/aromatic N) is 1. The third-order valence-corrected chi connectivity index (χ3v) is 6.48. The van der Waals surface area contributed by atoms with Gasteiger partial charge in [0.25, 0.3) is 0 Å². The number of hydrogen-bond donors (Lipinski definition) is 2. The summed E-state index contributed by atoms with van der Waals surface area (Å²) in [6.07, 6.45) is 2.70. The summed E-state index contributed by atoms with van der Waals surface area (Å²) >= 11 is 0. The van der Waals surface area contributed by atoms with E-state index in [2.05, 4.69) is 58.6 Å². The molecule has 34 heavy (non-hydrogen) atoms. The minimum atomic E-state index is -0.439. The molecular formula is C28H30ClN3O2. The Morgan fingerprint density at radius 2 is 1.71 bits per heavy atom. The van der Waals surface area contributed by atoms with Crippen molar-refractivity contribution in [2.24, 2.45) is 7.05 Å². The van der Waals surface area contributed by atoms with Crippen molar-refractivity contribution >= 4 is 29.4 Å². The summed E-state index contributed by atoms with van der Waals surface area (Å²) in [7, 11) is 2.13. The van der Waals surface area contributed by atoms with Crippen LogP contribution in [0.2, 0.25) is 0 Å². The third-order valence-electron chi connectivity index (χ3n) is 6.48. The van der Waals surface area contributed by atoms with Gasteiger partial charge >= 0.3 is 6.09 Å². The average molecular weight is 476 g/mol. The molecule has 0 spiro atoms. The quantitative estimate of drug-likeness (QED) is 0.360. The number of carbonyl (C=O) groups excluding carboxylic acids is 1. The minimum Gasteiger partial charge on any atom is -0.410 e. The molecule has 5 nitrogen and oxygen atoms in total.